The van der Waals surface area contributed by atoms with Gasteiger partial charge in [0.1, 0.15) is 11.6 Å². The molecule has 0 fully saturated rings. The largest absolute Gasteiger partial charge is 0.495 e. The van der Waals surface area contributed by atoms with Crippen LogP contribution in [0.4, 0.5) is 5.69 Å². The predicted octanol–water partition coefficient (Wildman–Crippen LogP) is 3.64. The average Bonchev–Trinajstić information content (AvgIpc) is 2.63. The normalized spacial score (nSPS) is 10.3. The topological polar surface area (TPSA) is 64.1 Å². The van der Waals surface area contributed by atoms with E-state index in [4.69, 9.17) is 4.74 Å². The highest BCUT2D eigenvalue weighted by Gasteiger charge is 2.14. The van der Waals surface area contributed by atoms with E-state index < -0.39 is 0 Å². The van der Waals surface area contributed by atoms with Gasteiger partial charge in [0.05, 0.1) is 24.1 Å². The third-order valence-electron chi connectivity index (χ3n) is 3.83. The van der Waals surface area contributed by atoms with E-state index in [2.05, 4.69) is 15.3 Å². The SMILES string of the molecule is COc1ccccc1NC(=O)c1cnc(Cc2ccccc2)nc1C. The first-order valence-corrected chi connectivity index (χ1v) is 7.98. The highest BCUT2D eigenvalue weighted by atomic mass is 16.5. The van der Waals surface area contributed by atoms with Crippen LogP contribution in [-0.2, 0) is 6.42 Å². The second-order valence-electron chi connectivity index (χ2n) is 5.60. The number of amides is 1. The molecule has 1 heterocycles. The lowest BCUT2D eigenvalue weighted by atomic mass is 10.1. The number of hydrogen-bond acceptors (Lipinski definition) is 4. The van der Waals surface area contributed by atoms with E-state index in [0.717, 1.165) is 5.56 Å². The Morgan fingerprint density at radius 3 is 2.52 bits per heavy atom. The monoisotopic (exact) mass is 333 g/mol. The Morgan fingerprint density at radius 2 is 1.80 bits per heavy atom. The fourth-order valence-electron chi connectivity index (χ4n) is 2.54. The van der Waals surface area contributed by atoms with Crippen LogP contribution < -0.4 is 10.1 Å². The first-order chi connectivity index (χ1) is 12.2. The molecule has 0 saturated heterocycles. The lowest BCUT2D eigenvalue weighted by molar-refractivity contribution is 0.102. The van der Waals surface area contributed by atoms with Crippen LogP contribution in [-0.4, -0.2) is 23.0 Å². The molecule has 0 aliphatic rings. The molecule has 5 heteroatoms. The quantitative estimate of drug-likeness (QED) is 0.774. The van der Waals surface area contributed by atoms with Crippen LogP contribution >= 0.6 is 0 Å². The van der Waals surface area contributed by atoms with Crippen molar-refractivity contribution in [3.63, 3.8) is 0 Å². The molecule has 0 unspecified atom stereocenters. The first kappa shape index (κ1) is 16.6. The highest BCUT2D eigenvalue weighted by molar-refractivity contribution is 6.05. The molecule has 0 radical (unpaired) electrons. The van der Waals surface area contributed by atoms with Gasteiger partial charge in [0.15, 0.2) is 0 Å². The highest BCUT2D eigenvalue weighted by Crippen LogP contribution is 2.23. The van der Waals surface area contributed by atoms with Gasteiger partial charge < -0.3 is 10.1 Å². The summed E-state index contributed by atoms with van der Waals surface area (Å²) < 4.78 is 5.25. The number of ether oxygens (including phenoxy) is 1. The minimum Gasteiger partial charge on any atom is -0.495 e. The number of hydrogen-bond donors (Lipinski definition) is 1. The number of carbonyl (C=O) groups excluding carboxylic acids is 1. The number of aromatic nitrogens is 2. The van der Waals surface area contributed by atoms with E-state index in [1.54, 1.807) is 25.4 Å². The summed E-state index contributed by atoms with van der Waals surface area (Å²) in [7, 11) is 1.57. The molecule has 2 aromatic carbocycles. The summed E-state index contributed by atoms with van der Waals surface area (Å²) in [4.78, 5) is 21.3. The molecule has 0 aliphatic heterocycles. The predicted molar refractivity (Wildman–Crippen MR) is 97.0 cm³/mol. The van der Waals surface area contributed by atoms with Crippen molar-refractivity contribution in [1.29, 1.82) is 0 Å². The van der Waals surface area contributed by atoms with Crippen LogP contribution in [0.5, 0.6) is 5.75 Å². The van der Waals surface area contributed by atoms with Crippen molar-refractivity contribution in [1.82, 2.24) is 9.97 Å². The number of para-hydroxylation sites is 2. The Hall–Kier alpha value is -3.21. The van der Waals surface area contributed by atoms with Crippen molar-refractivity contribution < 1.29 is 9.53 Å². The van der Waals surface area contributed by atoms with E-state index >= 15 is 0 Å². The van der Waals surface area contributed by atoms with Gasteiger partial charge in [-0.25, -0.2) is 9.97 Å². The van der Waals surface area contributed by atoms with Crippen LogP contribution in [0.3, 0.4) is 0 Å². The van der Waals surface area contributed by atoms with E-state index in [-0.39, 0.29) is 5.91 Å². The zero-order chi connectivity index (χ0) is 17.6. The summed E-state index contributed by atoms with van der Waals surface area (Å²) in [6.07, 6.45) is 2.21. The van der Waals surface area contributed by atoms with Crippen LogP contribution in [0.25, 0.3) is 0 Å². The number of rotatable bonds is 5. The van der Waals surface area contributed by atoms with Gasteiger partial charge in [-0.05, 0) is 24.6 Å². The molecule has 0 bridgehead atoms. The summed E-state index contributed by atoms with van der Waals surface area (Å²) in [6, 6.07) is 17.3. The summed E-state index contributed by atoms with van der Waals surface area (Å²) in [5, 5.41) is 2.84. The first-order valence-electron chi connectivity index (χ1n) is 7.98. The summed E-state index contributed by atoms with van der Waals surface area (Å²) in [6.45, 7) is 1.81. The van der Waals surface area contributed by atoms with Crippen molar-refractivity contribution >= 4 is 11.6 Å². The van der Waals surface area contributed by atoms with Gasteiger partial charge in [0.2, 0.25) is 0 Å². The molecule has 3 rings (SSSR count). The van der Waals surface area contributed by atoms with Gasteiger partial charge in [-0.15, -0.1) is 0 Å². The van der Waals surface area contributed by atoms with Gasteiger partial charge in [0.25, 0.3) is 5.91 Å². The molecular weight excluding hydrogens is 314 g/mol. The third kappa shape index (κ3) is 4.01. The summed E-state index contributed by atoms with van der Waals surface area (Å²) >= 11 is 0. The van der Waals surface area contributed by atoms with Crippen LogP contribution in [0.2, 0.25) is 0 Å². The molecule has 1 aromatic heterocycles. The molecular formula is C20H19N3O2. The summed E-state index contributed by atoms with van der Waals surface area (Å²) in [5.41, 5.74) is 2.84. The number of methoxy groups -OCH3 is 1. The molecule has 3 aromatic rings. The molecule has 1 amide bonds. The Balaban J connectivity index is 1.77. The molecule has 5 nitrogen and oxygen atoms in total. The number of aryl methyl sites for hydroxylation is 1. The fraction of sp³-hybridized carbons (Fsp3) is 0.150. The molecule has 126 valence electrons. The van der Waals surface area contributed by atoms with Gasteiger partial charge in [-0.2, -0.15) is 0 Å². The lowest BCUT2D eigenvalue weighted by Gasteiger charge is -2.11. The van der Waals surface area contributed by atoms with E-state index in [1.165, 1.54) is 0 Å². The van der Waals surface area contributed by atoms with Crippen molar-refractivity contribution in [2.24, 2.45) is 0 Å². The third-order valence-corrected chi connectivity index (χ3v) is 3.83. The van der Waals surface area contributed by atoms with Crippen LogP contribution in [0.15, 0.2) is 60.8 Å². The Morgan fingerprint density at radius 1 is 1.08 bits per heavy atom. The molecule has 1 N–H and O–H groups in total. The number of nitrogens with zero attached hydrogens (tertiary/aromatic N) is 2. The smallest absolute Gasteiger partial charge is 0.259 e. The van der Waals surface area contributed by atoms with Crippen molar-refractivity contribution in [3.05, 3.63) is 83.4 Å². The molecule has 0 aliphatic carbocycles. The summed E-state index contributed by atoms with van der Waals surface area (Å²) in [5.74, 6) is 1.04. The molecule has 0 atom stereocenters. The maximum Gasteiger partial charge on any atom is 0.259 e. The van der Waals surface area contributed by atoms with E-state index in [0.29, 0.717) is 34.9 Å². The maximum atomic E-state index is 12.5. The fourth-order valence-corrected chi connectivity index (χ4v) is 2.54. The number of carbonyl (C=O) groups is 1. The number of anilines is 1. The van der Waals surface area contributed by atoms with Gasteiger partial charge in [-0.1, -0.05) is 42.5 Å². The standard InChI is InChI=1S/C20H19N3O2/c1-14-16(20(24)23-17-10-6-7-11-18(17)25-2)13-21-19(22-14)12-15-8-4-3-5-9-15/h3-11,13H,12H2,1-2H3,(H,23,24). The average molecular weight is 333 g/mol. The second kappa shape index (κ2) is 7.57. The van der Waals surface area contributed by atoms with Gasteiger partial charge >= 0.3 is 0 Å². The van der Waals surface area contributed by atoms with Crippen molar-refractivity contribution in [2.75, 3.05) is 12.4 Å². The van der Waals surface area contributed by atoms with E-state index in [1.807, 2.05) is 49.4 Å². The lowest BCUT2D eigenvalue weighted by Crippen LogP contribution is -2.16. The van der Waals surface area contributed by atoms with Crippen molar-refractivity contribution in [2.45, 2.75) is 13.3 Å². The Labute approximate surface area is 146 Å². The Kier molecular flexibility index (Phi) is 5.04. The van der Waals surface area contributed by atoms with E-state index in [9.17, 15) is 4.79 Å². The zero-order valence-electron chi connectivity index (χ0n) is 14.2. The minimum atomic E-state index is -0.256. The minimum absolute atomic E-state index is 0.256. The molecule has 0 saturated carbocycles. The van der Waals surface area contributed by atoms with Crippen molar-refractivity contribution in [3.8, 4) is 5.75 Å². The number of benzene rings is 2. The maximum absolute atomic E-state index is 12.5. The van der Waals surface area contributed by atoms with Crippen LogP contribution in [0.1, 0.15) is 27.4 Å². The second-order valence-corrected chi connectivity index (χ2v) is 5.60. The molecule has 0 spiro atoms. The van der Waals surface area contributed by atoms with Gasteiger partial charge in [0, 0.05) is 12.6 Å². The van der Waals surface area contributed by atoms with Gasteiger partial charge in [-0.3, -0.25) is 4.79 Å². The molecule has 25 heavy (non-hydrogen) atoms. The van der Waals surface area contributed by atoms with Crippen LogP contribution in [0, 0.1) is 6.92 Å². The Bertz CT molecular complexity index is 879. The number of nitrogens with one attached hydrogen (secondary N) is 1. The zero-order valence-corrected chi connectivity index (χ0v) is 14.2.